The molecule has 3 heterocycles. The highest BCUT2D eigenvalue weighted by Crippen LogP contribution is 2.37. The summed E-state index contributed by atoms with van der Waals surface area (Å²) >= 11 is 0.877. The number of anilines is 1. The summed E-state index contributed by atoms with van der Waals surface area (Å²) in [6.45, 7) is 2.60. The molecule has 2 aromatic rings. The number of ether oxygens (including phenoxy) is 1. The number of amides is 2. The number of imidazole rings is 1. The molecule has 29 heavy (non-hydrogen) atoms. The normalized spacial score (nSPS) is 19.5. The van der Waals surface area contributed by atoms with Gasteiger partial charge in [0.25, 0.3) is 11.7 Å². The minimum atomic E-state index is -2.64. The van der Waals surface area contributed by atoms with Crippen LogP contribution in [0.5, 0.6) is 5.75 Å². The van der Waals surface area contributed by atoms with Gasteiger partial charge in [-0.25, -0.2) is 13.8 Å². The van der Waals surface area contributed by atoms with Crippen LogP contribution >= 0.6 is 11.8 Å². The molecule has 0 unspecified atom stereocenters. The number of aromatic nitrogens is 2. The summed E-state index contributed by atoms with van der Waals surface area (Å²) in [6, 6.07) is 4.36. The maximum absolute atomic E-state index is 13.3. The van der Waals surface area contributed by atoms with Crippen molar-refractivity contribution in [3.8, 4) is 17.1 Å². The van der Waals surface area contributed by atoms with Crippen LogP contribution in [0.15, 0.2) is 24.4 Å². The van der Waals surface area contributed by atoms with E-state index in [1.165, 1.54) is 0 Å². The fraction of sp³-hybridized carbons (Fsp3) is 0.421. The van der Waals surface area contributed by atoms with Crippen molar-refractivity contribution < 1.29 is 23.1 Å². The fourth-order valence-electron chi connectivity index (χ4n) is 3.49. The van der Waals surface area contributed by atoms with Crippen LogP contribution in [0.4, 0.5) is 19.4 Å². The van der Waals surface area contributed by atoms with Crippen LogP contribution in [0.3, 0.4) is 0 Å². The Hall–Kier alpha value is -2.62. The average Bonchev–Trinajstić information content (AvgIpc) is 3.21. The molecule has 1 saturated heterocycles. The number of nitrogens with zero attached hydrogens (tertiary/aromatic N) is 3. The van der Waals surface area contributed by atoms with Crippen molar-refractivity contribution >= 4 is 28.7 Å². The number of benzene rings is 1. The predicted octanol–water partition coefficient (Wildman–Crippen LogP) is 2.91. The summed E-state index contributed by atoms with van der Waals surface area (Å²) in [4.78, 5) is 29.1. The summed E-state index contributed by atoms with van der Waals surface area (Å²) in [5, 5.41) is -0.421. The Balaban J connectivity index is 1.68. The molecule has 2 N–H and O–H groups in total. The molecule has 0 saturated carbocycles. The first kappa shape index (κ1) is 19.7. The van der Waals surface area contributed by atoms with E-state index in [2.05, 4.69) is 4.98 Å². The summed E-state index contributed by atoms with van der Waals surface area (Å²) in [7, 11) is 0. The number of carbonyl (C=O) groups is 2. The molecule has 1 aromatic carbocycles. The van der Waals surface area contributed by atoms with E-state index in [1.807, 2.05) is 22.8 Å². The maximum atomic E-state index is 13.3. The van der Waals surface area contributed by atoms with Crippen molar-refractivity contribution in [2.75, 3.05) is 17.3 Å². The van der Waals surface area contributed by atoms with Crippen molar-refractivity contribution in [2.45, 2.75) is 32.4 Å². The van der Waals surface area contributed by atoms with E-state index in [4.69, 9.17) is 10.5 Å². The molecular formula is C19H20F2N4O3S. The third kappa shape index (κ3) is 3.68. The number of thioether (sulfide) groups is 1. The molecule has 2 amide bonds. The number of primary amides is 1. The lowest BCUT2D eigenvalue weighted by Gasteiger charge is -2.20. The zero-order valence-corrected chi connectivity index (χ0v) is 16.5. The molecule has 0 bridgehead atoms. The quantitative estimate of drug-likeness (QED) is 0.800. The van der Waals surface area contributed by atoms with Gasteiger partial charge in [0.15, 0.2) is 5.82 Å². The molecule has 10 heteroatoms. The zero-order chi connectivity index (χ0) is 20.7. The predicted molar refractivity (Wildman–Crippen MR) is 105 cm³/mol. The number of alkyl halides is 2. The van der Waals surface area contributed by atoms with E-state index < -0.39 is 17.7 Å². The lowest BCUT2D eigenvalue weighted by Crippen LogP contribution is -2.38. The van der Waals surface area contributed by atoms with Crippen LogP contribution in [-0.4, -0.2) is 45.5 Å². The molecule has 1 aromatic heterocycles. The molecule has 0 radical (unpaired) electrons. The molecule has 4 rings (SSSR count). The average molecular weight is 422 g/mol. The molecule has 2 aliphatic rings. The van der Waals surface area contributed by atoms with E-state index in [9.17, 15) is 18.4 Å². The van der Waals surface area contributed by atoms with Crippen LogP contribution in [0, 0.1) is 5.92 Å². The molecular weight excluding hydrogens is 402 g/mol. The smallest absolute Gasteiger partial charge is 0.287 e. The van der Waals surface area contributed by atoms with Crippen molar-refractivity contribution in [3.63, 3.8) is 0 Å². The highest BCUT2D eigenvalue weighted by Gasteiger charge is 2.40. The maximum Gasteiger partial charge on any atom is 0.287 e. The van der Waals surface area contributed by atoms with Crippen LogP contribution < -0.4 is 15.4 Å². The first-order valence-corrected chi connectivity index (χ1v) is 10.2. The van der Waals surface area contributed by atoms with Gasteiger partial charge >= 0.3 is 0 Å². The number of carbonyl (C=O) groups excluding carboxylic acids is 2. The Morgan fingerprint density at radius 1 is 1.45 bits per heavy atom. The number of hydrogen-bond acceptors (Lipinski definition) is 5. The van der Waals surface area contributed by atoms with E-state index >= 15 is 0 Å². The summed E-state index contributed by atoms with van der Waals surface area (Å²) in [6.07, 6.45) is -0.530. The number of fused-ring (bicyclic) bond motifs is 3. The van der Waals surface area contributed by atoms with Crippen LogP contribution in [0.2, 0.25) is 0 Å². The third-order valence-corrected chi connectivity index (χ3v) is 6.06. The number of nitrogens with two attached hydrogens (primary N) is 1. The molecule has 154 valence electrons. The topological polar surface area (TPSA) is 90.4 Å². The molecule has 1 fully saturated rings. The largest absolute Gasteiger partial charge is 0.491 e. The van der Waals surface area contributed by atoms with E-state index in [0.29, 0.717) is 36.7 Å². The second kappa shape index (κ2) is 7.66. The number of hydrogen-bond donors (Lipinski definition) is 1. The van der Waals surface area contributed by atoms with E-state index in [-0.39, 0.29) is 23.4 Å². The Bertz CT molecular complexity index is 965. The van der Waals surface area contributed by atoms with Crippen molar-refractivity contribution in [2.24, 2.45) is 11.7 Å². The van der Waals surface area contributed by atoms with Gasteiger partial charge in [0.2, 0.25) is 5.91 Å². The van der Waals surface area contributed by atoms with Crippen LogP contribution in [0.25, 0.3) is 11.4 Å². The van der Waals surface area contributed by atoms with Gasteiger partial charge in [0.05, 0.1) is 12.1 Å². The lowest BCUT2D eigenvalue weighted by molar-refractivity contribution is -0.121. The Morgan fingerprint density at radius 3 is 2.97 bits per heavy atom. The van der Waals surface area contributed by atoms with Gasteiger partial charge in [0, 0.05) is 17.9 Å². The summed E-state index contributed by atoms with van der Waals surface area (Å²) in [5.41, 5.74) is 6.95. The van der Waals surface area contributed by atoms with Crippen molar-refractivity contribution in [1.29, 1.82) is 0 Å². The fourth-order valence-corrected chi connectivity index (χ4v) is 4.47. The molecule has 7 nitrogen and oxygen atoms in total. The first-order chi connectivity index (χ1) is 13.8. The molecule has 2 atom stereocenters. The van der Waals surface area contributed by atoms with E-state index in [0.717, 1.165) is 22.2 Å². The first-order valence-electron chi connectivity index (χ1n) is 9.22. The Labute approximate surface area is 170 Å². The van der Waals surface area contributed by atoms with Crippen molar-refractivity contribution in [1.82, 2.24) is 9.55 Å². The van der Waals surface area contributed by atoms with Gasteiger partial charge in [-0.2, -0.15) is 0 Å². The van der Waals surface area contributed by atoms with Gasteiger partial charge < -0.3 is 15.0 Å². The zero-order valence-electron chi connectivity index (χ0n) is 15.7. The van der Waals surface area contributed by atoms with Gasteiger partial charge in [-0.1, -0.05) is 24.8 Å². The molecule has 2 aliphatic heterocycles. The van der Waals surface area contributed by atoms with Gasteiger partial charge in [-0.15, -0.1) is 0 Å². The van der Waals surface area contributed by atoms with E-state index in [1.54, 1.807) is 13.1 Å². The van der Waals surface area contributed by atoms with Crippen LogP contribution in [0.1, 0.15) is 12.5 Å². The number of halogens is 2. The third-order valence-electron chi connectivity index (χ3n) is 5.11. The lowest BCUT2D eigenvalue weighted by atomic mass is 9.99. The highest BCUT2D eigenvalue weighted by molar-refractivity contribution is 8.14. The SMILES string of the molecule is C[C@H](Cc1ccc2c(c1)OCCn1cc(N3C(=O)SC[C@H]3C(F)F)nc1-2)C(N)=O. The van der Waals surface area contributed by atoms with Crippen LogP contribution in [-0.2, 0) is 17.8 Å². The molecule has 0 spiro atoms. The number of rotatable bonds is 5. The second-order valence-corrected chi connectivity index (χ2v) is 8.12. The minimum absolute atomic E-state index is 0.0415. The Morgan fingerprint density at radius 2 is 2.24 bits per heavy atom. The van der Waals surface area contributed by atoms with Crippen molar-refractivity contribution in [3.05, 3.63) is 30.0 Å². The molecule has 0 aliphatic carbocycles. The summed E-state index contributed by atoms with van der Waals surface area (Å²) < 4.78 is 34.3. The van der Waals surface area contributed by atoms with Gasteiger partial charge in [-0.3, -0.25) is 14.5 Å². The van der Waals surface area contributed by atoms with Gasteiger partial charge in [-0.05, 0) is 24.1 Å². The van der Waals surface area contributed by atoms with Gasteiger partial charge in [0.1, 0.15) is 24.2 Å². The summed E-state index contributed by atoms with van der Waals surface area (Å²) in [5.74, 6) is 0.738. The highest BCUT2D eigenvalue weighted by atomic mass is 32.2. The Kier molecular flexibility index (Phi) is 5.20. The minimum Gasteiger partial charge on any atom is -0.491 e. The second-order valence-electron chi connectivity index (χ2n) is 7.15. The standard InChI is InChI=1S/C19H20F2N4O3S/c1-10(17(22)26)6-11-2-3-12-14(7-11)28-5-4-24-8-15(23-18(12)24)25-13(16(20)21)9-29-19(25)27/h2-3,7-8,10,13,16H,4-6,9H2,1H3,(H2,22,26)/t10-,13+/m1/s1. The monoisotopic (exact) mass is 422 g/mol.